The molecular weight excluding hydrogens is 230 g/mol. The first-order valence-corrected chi connectivity index (χ1v) is 6.57. The monoisotopic (exact) mass is 259 g/mol. The zero-order chi connectivity index (χ0) is 14.2. The molecule has 0 aliphatic carbocycles. The van der Waals surface area contributed by atoms with Crippen molar-refractivity contribution in [2.75, 3.05) is 33.0 Å². The molecule has 108 valence electrons. The van der Waals surface area contributed by atoms with Crippen molar-refractivity contribution >= 4 is 5.78 Å². The fraction of sp³-hybridized carbons (Fsp3) is 0.929. The number of ketones is 1. The summed E-state index contributed by atoms with van der Waals surface area (Å²) in [6.45, 7) is 14.7. The molecule has 0 rings (SSSR count). The van der Waals surface area contributed by atoms with E-state index in [1.165, 1.54) is 0 Å². The smallest absolute Gasteiger partial charge is 0.163 e. The maximum atomic E-state index is 11.5. The molecule has 0 aromatic carbocycles. The van der Waals surface area contributed by atoms with Crippen LogP contribution in [0.25, 0.3) is 0 Å². The molecule has 0 fully saturated rings. The van der Waals surface area contributed by atoms with Crippen molar-refractivity contribution in [2.24, 2.45) is 5.41 Å². The Labute approximate surface area is 111 Å². The summed E-state index contributed by atoms with van der Waals surface area (Å²) in [4.78, 5) is 11.5. The second-order valence-corrected chi connectivity index (χ2v) is 6.51. The van der Waals surface area contributed by atoms with Gasteiger partial charge in [-0.15, -0.1) is 0 Å². The molecule has 0 amide bonds. The fourth-order valence-electron chi connectivity index (χ4n) is 1.10. The minimum atomic E-state index is -0.322. The minimum Gasteiger partial charge on any atom is -0.378 e. The Balaban J connectivity index is 3.35. The summed E-state index contributed by atoms with van der Waals surface area (Å²) >= 11 is 0. The van der Waals surface area contributed by atoms with E-state index in [2.05, 4.69) is 26.1 Å². The lowest BCUT2D eigenvalue weighted by Gasteiger charge is -2.20. The van der Waals surface area contributed by atoms with Gasteiger partial charge in [-0.25, -0.2) is 0 Å². The summed E-state index contributed by atoms with van der Waals surface area (Å²) < 4.78 is 10.7. The number of rotatable bonds is 8. The van der Waals surface area contributed by atoms with Crippen LogP contribution in [0.15, 0.2) is 0 Å². The van der Waals surface area contributed by atoms with Gasteiger partial charge in [0, 0.05) is 17.5 Å². The van der Waals surface area contributed by atoms with Crippen LogP contribution in [-0.2, 0) is 14.3 Å². The number of carbonyl (C=O) groups is 1. The van der Waals surface area contributed by atoms with Crippen molar-refractivity contribution in [3.8, 4) is 0 Å². The highest BCUT2D eigenvalue weighted by molar-refractivity contribution is 5.84. The number of hydrogen-bond acceptors (Lipinski definition) is 4. The van der Waals surface area contributed by atoms with Gasteiger partial charge in [0.05, 0.1) is 19.8 Å². The molecule has 0 saturated carbocycles. The van der Waals surface area contributed by atoms with Crippen LogP contribution in [-0.4, -0.2) is 44.3 Å². The zero-order valence-corrected chi connectivity index (χ0v) is 12.8. The lowest BCUT2D eigenvalue weighted by Crippen LogP contribution is -2.38. The summed E-state index contributed by atoms with van der Waals surface area (Å²) in [6.07, 6.45) is 0. The van der Waals surface area contributed by atoms with Gasteiger partial charge in [0.25, 0.3) is 0 Å². The van der Waals surface area contributed by atoms with Crippen LogP contribution < -0.4 is 5.32 Å². The summed E-state index contributed by atoms with van der Waals surface area (Å²) in [6, 6.07) is 0. The van der Waals surface area contributed by atoms with Crippen LogP contribution >= 0.6 is 0 Å². The lowest BCUT2D eigenvalue weighted by atomic mass is 9.91. The first-order chi connectivity index (χ1) is 8.13. The second-order valence-electron chi connectivity index (χ2n) is 6.51. The molecule has 4 nitrogen and oxygen atoms in total. The Bertz CT molecular complexity index is 238. The Morgan fingerprint density at radius 2 is 1.50 bits per heavy atom. The number of carbonyl (C=O) groups excluding carboxylic acids is 1. The van der Waals surface area contributed by atoms with Crippen molar-refractivity contribution in [2.45, 2.75) is 47.1 Å². The molecule has 0 saturated heterocycles. The molecule has 0 aromatic rings. The minimum absolute atomic E-state index is 0.122. The highest BCUT2D eigenvalue weighted by Crippen LogP contribution is 2.14. The highest BCUT2D eigenvalue weighted by Gasteiger charge is 2.20. The van der Waals surface area contributed by atoms with Gasteiger partial charge < -0.3 is 14.8 Å². The van der Waals surface area contributed by atoms with Crippen LogP contribution in [0, 0.1) is 5.41 Å². The van der Waals surface area contributed by atoms with E-state index in [-0.39, 0.29) is 23.3 Å². The average Bonchev–Trinajstić information content (AvgIpc) is 2.18. The Kier molecular flexibility index (Phi) is 7.67. The molecule has 0 heterocycles. The molecule has 1 N–H and O–H groups in total. The Hall–Kier alpha value is -0.450. The van der Waals surface area contributed by atoms with Crippen molar-refractivity contribution in [1.29, 1.82) is 0 Å². The first kappa shape index (κ1) is 17.6. The van der Waals surface area contributed by atoms with E-state index in [4.69, 9.17) is 9.47 Å². The van der Waals surface area contributed by atoms with Gasteiger partial charge in [0.1, 0.15) is 6.61 Å². The predicted molar refractivity (Wildman–Crippen MR) is 73.9 cm³/mol. The molecule has 0 spiro atoms. The summed E-state index contributed by atoms with van der Waals surface area (Å²) in [5, 5.41) is 3.33. The quantitative estimate of drug-likeness (QED) is 0.678. The summed E-state index contributed by atoms with van der Waals surface area (Å²) in [5.41, 5.74) is -0.198. The van der Waals surface area contributed by atoms with E-state index in [1.54, 1.807) is 0 Å². The second kappa shape index (κ2) is 7.87. The van der Waals surface area contributed by atoms with Gasteiger partial charge in [0.15, 0.2) is 5.78 Å². The van der Waals surface area contributed by atoms with Gasteiger partial charge >= 0.3 is 0 Å². The van der Waals surface area contributed by atoms with Crippen LogP contribution in [0.5, 0.6) is 0 Å². The molecule has 0 radical (unpaired) electrons. The highest BCUT2D eigenvalue weighted by atomic mass is 16.5. The molecule has 18 heavy (non-hydrogen) atoms. The van der Waals surface area contributed by atoms with Crippen molar-refractivity contribution in [1.82, 2.24) is 5.32 Å². The Morgan fingerprint density at radius 3 is 2.00 bits per heavy atom. The molecule has 0 aliphatic heterocycles. The molecule has 0 bridgehead atoms. The van der Waals surface area contributed by atoms with Crippen LogP contribution in [0.1, 0.15) is 41.5 Å². The first-order valence-electron chi connectivity index (χ1n) is 6.57. The number of nitrogens with one attached hydrogen (secondary N) is 1. The number of Topliss-reactive ketones (excluding diaryl/α,β-unsaturated/α-hetero) is 1. The number of ether oxygens (including phenoxy) is 2. The fourth-order valence-corrected chi connectivity index (χ4v) is 1.10. The van der Waals surface area contributed by atoms with E-state index in [0.29, 0.717) is 19.8 Å². The molecule has 0 aliphatic rings. The summed E-state index contributed by atoms with van der Waals surface area (Å²) in [7, 11) is 0. The van der Waals surface area contributed by atoms with Crippen molar-refractivity contribution in [3.63, 3.8) is 0 Å². The van der Waals surface area contributed by atoms with Gasteiger partial charge in [-0.3, -0.25) is 4.79 Å². The molecule has 0 aromatic heterocycles. The SMILES string of the molecule is CC(C)(C)NCCOCCOCC(=O)C(C)(C)C. The third-order valence-corrected chi connectivity index (χ3v) is 2.34. The van der Waals surface area contributed by atoms with E-state index >= 15 is 0 Å². The molecule has 4 heteroatoms. The normalized spacial score (nSPS) is 12.8. The van der Waals surface area contributed by atoms with Crippen LogP contribution in [0.3, 0.4) is 0 Å². The van der Waals surface area contributed by atoms with E-state index in [0.717, 1.165) is 6.54 Å². The maximum Gasteiger partial charge on any atom is 0.163 e. The number of hydrogen-bond donors (Lipinski definition) is 1. The van der Waals surface area contributed by atoms with Gasteiger partial charge in [-0.1, -0.05) is 20.8 Å². The zero-order valence-electron chi connectivity index (χ0n) is 12.8. The largest absolute Gasteiger partial charge is 0.378 e. The van der Waals surface area contributed by atoms with Gasteiger partial charge in [-0.2, -0.15) is 0 Å². The van der Waals surface area contributed by atoms with Crippen LogP contribution in [0.4, 0.5) is 0 Å². The predicted octanol–water partition coefficient (Wildman–Crippen LogP) is 2.02. The van der Waals surface area contributed by atoms with Crippen molar-refractivity contribution in [3.05, 3.63) is 0 Å². The van der Waals surface area contributed by atoms with Crippen LogP contribution in [0.2, 0.25) is 0 Å². The lowest BCUT2D eigenvalue weighted by molar-refractivity contribution is -0.131. The third-order valence-electron chi connectivity index (χ3n) is 2.34. The topological polar surface area (TPSA) is 47.6 Å². The van der Waals surface area contributed by atoms with E-state index in [9.17, 15) is 4.79 Å². The molecule has 0 unspecified atom stereocenters. The summed E-state index contributed by atoms with van der Waals surface area (Å²) in [5.74, 6) is 0.122. The van der Waals surface area contributed by atoms with Gasteiger partial charge in [0.2, 0.25) is 0 Å². The average molecular weight is 259 g/mol. The molecular formula is C14H29NO3. The maximum absolute atomic E-state index is 11.5. The van der Waals surface area contributed by atoms with Crippen molar-refractivity contribution < 1.29 is 14.3 Å². The third kappa shape index (κ3) is 10.7. The Morgan fingerprint density at radius 1 is 0.944 bits per heavy atom. The standard InChI is InChI=1S/C14H29NO3/c1-13(2,3)12(16)11-18-10-9-17-8-7-15-14(4,5)6/h15H,7-11H2,1-6H3. The van der Waals surface area contributed by atoms with E-state index in [1.807, 2.05) is 20.8 Å². The van der Waals surface area contributed by atoms with E-state index < -0.39 is 0 Å². The molecule has 0 atom stereocenters. The van der Waals surface area contributed by atoms with Gasteiger partial charge in [-0.05, 0) is 20.8 Å².